The van der Waals surface area contributed by atoms with Gasteiger partial charge in [-0.1, -0.05) is 34.9 Å². The highest BCUT2D eigenvalue weighted by molar-refractivity contribution is 8.03. The van der Waals surface area contributed by atoms with E-state index in [1.165, 1.54) is 7.11 Å². The zero-order valence-corrected chi connectivity index (χ0v) is 14.6. The molecule has 0 aliphatic heterocycles. The summed E-state index contributed by atoms with van der Waals surface area (Å²) in [6, 6.07) is 0.474. The number of methoxy groups -OCH3 is 1. The van der Waals surface area contributed by atoms with Gasteiger partial charge in [-0.05, 0) is 37.9 Å². The van der Waals surface area contributed by atoms with E-state index in [0.29, 0.717) is 17.7 Å². The van der Waals surface area contributed by atoms with E-state index >= 15 is 0 Å². The first kappa shape index (κ1) is 15.6. The van der Waals surface area contributed by atoms with Crippen molar-refractivity contribution >= 4 is 40.8 Å². The topological polar surface area (TPSA) is 64.1 Å². The number of carbonyl (C=O) groups is 1. The minimum atomic E-state index is -0.550. The Labute approximate surface area is 137 Å². The Morgan fingerprint density at radius 2 is 2.10 bits per heavy atom. The molecule has 1 unspecified atom stereocenters. The molecule has 3 rings (SSSR count). The molecule has 5 nitrogen and oxygen atoms in total. The maximum Gasteiger partial charge on any atom is 0.327 e. The van der Waals surface area contributed by atoms with Gasteiger partial charge < -0.3 is 4.74 Å². The van der Waals surface area contributed by atoms with Crippen LogP contribution in [0.3, 0.4) is 0 Å². The van der Waals surface area contributed by atoms with Crippen LogP contribution in [0.4, 0.5) is 0 Å². The molecule has 1 atom stereocenters. The first-order valence-corrected chi connectivity index (χ1v) is 10.1. The fraction of sp³-hybridized carbons (Fsp3) is 0.769. The lowest BCUT2D eigenvalue weighted by atomic mass is 9.95. The van der Waals surface area contributed by atoms with Crippen LogP contribution in [0.2, 0.25) is 0 Å². The van der Waals surface area contributed by atoms with E-state index in [4.69, 9.17) is 4.74 Å². The van der Waals surface area contributed by atoms with Crippen molar-refractivity contribution in [3.05, 3.63) is 0 Å². The van der Waals surface area contributed by atoms with Gasteiger partial charge in [0.2, 0.25) is 0 Å². The third-order valence-electron chi connectivity index (χ3n) is 3.85. The molecular weight excluding hydrogens is 326 g/mol. The van der Waals surface area contributed by atoms with Crippen LogP contribution in [0.5, 0.6) is 0 Å². The average Bonchev–Trinajstić information content (AvgIpc) is 3.42. The Hall–Kier alpha value is -0.310. The first-order chi connectivity index (χ1) is 10.2. The fourth-order valence-corrected chi connectivity index (χ4v) is 5.13. The molecule has 1 heterocycles. The summed E-state index contributed by atoms with van der Waals surface area (Å²) in [5, 5.41) is 11.9. The molecule has 2 aliphatic rings. The minimum Gasteiger partial charge on any atom is -0.468 e. The van der Waals surface area contributed by atoms with E-state index in [-0.39, 0.29) is 5.97 Å². The van der Waals surface area contributed by atoms with Gasteiger partial charge in [0.15, 0.2) is 8.68 Å². The Balaban J connectivity index is 1.72. The second-order valence-electron chi connectivity index (χ2n) is 5.48. The van der Waals surface area contributed by atoms with Crippen molar-refractivity contribution < 1.29 is 9.53 Å². The van der Waals surface area contributed by atoms with Gasteiger partial charge in [0.1, 0.15) is 5.54 Å². The number of thioether (sulfide) groups is 2. The quantitative estimate of drug-likeness (QED) is 0.573. The van der Waals surface area contributed by atoms with Gasteiger partial charge in [0.05, 0.1) is 7.11 Å². The molecule has 1 N–H and O–H groups in total. The number of rotatable bonds is 8. The summed E-state index contributed by atoms with van der Waals surface area (Å²) in [6.45, 7) is 0. The highest BCUT2D eigenvalue weighted by Crippen LogP contribution is 2.45. The third-order valence-corrected chi connectivity index (χ3v) is 7.07. The number of hydrogen-bond donors (Lipinski definition) is 1. The number of nitrogens with zero attached hydrogens (tertiary/aromatic N) is 2. The molecule has 1 aromatic heterocycles. The minimum absolute atomic E-state index is 0.126. The largest absolute Gasteiger partial charge is 0.468 e. The number of hydrogen-bond acceptors (Lipinski definition) is 8. The average molecular weight is 346 g/mol. The van der Waals surface area contributed by atoms with Crippen LogP contribution in [-0.2, 0) is 9.53 Å². The van der Waals surface area contributed by atoms with Crippen LogP contribution in [0.25, 0.3) is 0 Å². The predicted molar refractivity (Wildman–Crippen MR) is 86.0 cm³/mol. The lowest BCUT2D eigenvalue weighted by molar-refractivity contribution is -0.148. The molecule has 116 valence electrons. The van der Waals surface area contributed by atoms with Gasteiger partial charge in [-0.2, -0.15) is 0 Å². The summed E-state index contributed by atoms with van der Waals surface area (Å²) in [7, 11) is 1.48. The van der Waals surface area contributed by atoms with Gasteiger partial charge in [-0.3, -0.25) is 10.1 Å². The zero-order chi connectivity index (χ0) is 14.9. The van der Waals surface area contributed by atoms with E-state index in [2.05, 4.69) is 15.5 Å². The van der Waals surface area contributed by atoms with Crippen molar-refractivity contribution in [3.63, 3.8) is 0 Å². The molecule has 8 heteroatoms. The van der Waals surface area contributed by atoms with Crippen LogP contribution < -0.4 is 5.32 Å². The highest BCUT2D eigenvalue weighted by Gasteiger charge is 2.53. The molecule has 2 aliphatic carbocycles. The molecule has 0 bridgehead atoms. The van der Waals surface area contributed by atoms with Crippen LogP contribution in [0.15, 0.2) is 8.68 Å². The van der Waals surface area contributed by atoms with Crippen molar-refractivity contribution in [1.29, 1.82) is 0 Å². The number of carbonyl (C=O) groups excluding carboxylic acids is 1. The second-order valence-corrected chi connectivity index (χ2v) is 8.74. The van der Waals surface area contributed by atoms with Gasteiger partial charge in [-0.25, -0.2) is 0 Å². The van der Waals surface area contributed by atoms with Crippen molar-refractivity contribution in [2.45, 2.75) is 45.9 Å². The third kappa shape index (κ3) is 3.55. The predicted octanol–water partition coefficient (Wildman–Crippen LogP) is 2.43. The van der Waals surface area contributed by atoms with Crippen LogP contribution in [0.1, 0.15) is 25.7 Å². The molecule has 0 aromatic carbocycles. The summed E-state index contributed by atoms with van der Waals surface area (Å²) in [5.74, 6) is 0.939. The maximum atomic E-state index is 12.4. The van der Waals surface area contributed by atoms with Gasteiger partial charge >= 0.3 is 5.97 Å². The summed E-state index contributed by atoms with van der Waals surface area (Å²) in [6.07, 6.45) is 6.51. The zero-order valence-electron chi connectivity index (χ0n) is 12.1. The first-order valence-electron chi connectivity index (χ1n) is 7.04. The smallest absolute Gasteiger partial charge is 0.327 e. The van der Waals surface area contributed by atoms with Gasteiger partial charge in [0, 0.05) is 11.8 Å². The summed E-state index contributed by atoms with van der Waals surface area (Å²) >= 11 is 4.79. The van der Waals surface area contributed by atoms with Crippen LogP contribution in [0, 0.1) is 5.92 Å². The molecule has 0 spiro atoms. The lowest BCUT2D eigenvalue weighted by Gasteiger charge is -2.32. The summed E-state index contributed by atoms with van der Waals surface area (Å²) in [4.78, 5) is 12.4. The second kappa shape index (κ2) is 6.44. The molecule has 2 fully saturated rings. The molecule has 2 saturated carbocycles. The molecule has 0 radical (unpaired) electrons. The maximum absolute atomic E-state index is 12.4. The number of esters is 1. The standard InChI is InChI=1S/C13H19N3O2S3/c1-18-10(17)13(8-3-4-8,14-9-5-6-9)7-20-12-16-15-11(19-2)21-12/h8-9,14H,3-7H2,1-2H3. The monoisotopic (exact) mass is 345 g/mol. The number of ether oxygens (including phenoxy) is 1. The van der Waals surface area contributed by atoms with Crippen LogP contribution >= 0.6 is 34.9 Å². The summed E-state index contributed by atoms with van der Waals surface area (Å²) in [5.41, 5.74) is -0.550. The van der Waals surface area contributed by atoms with Crippen molar-refractivity contribution in [2.75, 3.05) is 19.1 Å². The Bertz CT molecular complexity index is 517. The van der Waals surface area contributed by atoms with Gasteiger partial charge in [-0.15, -0.1) is 10.2 Å². The van der Waals surface area contributed by atoms with E-state index in [0.717, 1.165) is 34.4 Å². The number of aromatic nitrogens is 2. The molecule has 1 aromatic rings. The van der Waals surface area contributed by atoms with Crippen molar-refractivity contribution in [1.82, 2.24) is 15.5 Å². The van der Waals surface area contributed by atoms with E-state index in [1.807, 2.05) is 6.26 Å². The Morgan fingerprint density at radius 1 is 1.38 bits per heavy atom. The van der Waals surface area contributed by atoms with E-state index < -0.39 is 5.54 Å². The molecule has 0 saturated heterocycles. The Kier molecular flexibility index (Phi) is 4.78. The molecule has 0 amide bonds. The molecular formula is C13H19N3O2S3. The number of nitrogens with one attached hydrogen (secondary N) is 1. The summed E-state index contributed by atoms with van der Waals surface area (Å²) < 4.78 is 6.99. The lowest BCUT2D eigenvalue weighted by Crippen LogP contribution is -2.57. The van der Waals surface area contributed by atoms with Crippen LogP contribution in [-0.4, -0.2) is 46.9 Å². The fourth-order valence-electron chi connectivity index (χ4n) is 2.43. The molecule has 21 heavy (non-hydrogen) atoms. The highest BCUT2D eigenvalue weighted by atomic mass is 32.2. The van der Waals surface area contributed by atoms with Crippen molar-refractivity contribution in [2.24, 2.45) is 5.92 Å². The van der Waals surface area contributed by atoms with E-state index in [1.54, 1.807) is 34.9 Å². The van der Waals surface area contributed by atoms with E-state index in [9.17, 15) is 4.79 Å². The SMILES string of the molecule is COC(=O)C(CSc1nnc(SC)s1)(NC1CC1)C1CC1. The Morgan fingerprint density at radius 3 is 2.62 bits per heavy atom. The van der Waals surface area contributed by atoms with Crippen molar-refractivity contribution in [3.8, 4) is 0 Å². The normalized spacial score (nSPS) is 21.0. The van der Waals surface area contributed by atoms with Gasteiger partial charge in [0.25, 0.3) is 0 Å².